The van der Waals surface area contributed by atoms with Gasteiger partial charge in [0, 0.05) is 24.8 Å². The van der Waals surface area contributed by atoms with Gasteiger partial charge in [-0.2, -0.15) is 0 Å². The quantitative estimate of drug-likeness (QED) is 0.910. The molecule has 0 bridgehead atoms. The zero-order valence-corrected chi connectivity index (χ0v) is 11.5. The van der Waals surface area contributed by atoms with E-state index < -0.39 is 0 Å². The molecule has 1 aromatic carbocycles. The molecule has 0 radical (unpaired) electrons. The van der Waals surface area contributed by atoms with Gasteiger partial charge in [-0.15, -0.1) is 0 Å². The van der Waals surface area contributed by atoms with Gasteiger partial charge < -0.3 is 15.0 Å². The van der Waals surface area contributed by atoms with Gasteiger partial charge in [-0.1, -0.05) is 11.6 Å². The monoisotopic (exact) mass is 268 g/mol. The summed E-state index contributed by atoms with van der Waals surface area (Å²) in [6, 6.07) is 7.00. The number of carbonyl (C=O) groups is 1. The van der Waals surface area contributed by atoms with E-state index in [2.05, 4.69) is 5.32 Å². The molecule has 0 heterocycles. The van der Waals surface area contributed by atoms with Gasteiger partial charge >= 0.3 is 6.03 Å². The second kappa shape index (κ2) is 6.91. The summed E-state index contributed by atoms with van der Waals surface area (Å²) < 4.78 is 5.44. The van der Waals surface area contributed by atoms with Crippen molar-refractivity contribution >= 4 is 23.3 Å². The lowest BCUT2D eigenvalue weighted by atomic mass is 10.3. The number of carbonyl (C=O) groups excluding carboxylic acids is 1. The number of nitrogens with zero attached hydrogens (tertiary/aromatic N) is 1. The standard InChI is InChI=1S/C13H17ClN2O2/c1-10(14)8-9-18-12-6-4-11(5-7-12)15-13(17)16(2)3/h4-8H,9H2,1-3H3,(H,15,17)/b10-8-. The lowest BCUT2D eigenvalue weighted by Gasteiger charge is -2.12. The molecular weight excluding hydrogens is 252 g/mol. The average Bonchev–Trinajstić information content (AvgIpc) is 2.30. The fourth-order valence-electron chi connectivity index (χ4n) is 1.12. The van der Waals surface area contributed by atoms with Gasteiger partial charge in [0.05, 0.1) is 0 Å². The summed E-state index contributed by atoms with van der Waals surface area (Å²) in [5.74, 6) is 0.729. The highest BCUT2D eigenvalue weighted by atomic mass is 35.5. The van der Waals surface area contributed by atoms with Crippen molar-refractivity contribution in [2.24, 2.45) is 0 Å². The van der Waals surface area contributed by atoms with E-state index in [-0.39, 0.29) is 6.03 Å². The van der Waals surface area contributed by atoms with E-state index in [1.165, 1.54) is 4.90 Å². The molecule has 0 aliphatic heterocycles. The maximum absolute atomic E-state index is 11.4. The second-order valence-electron chi connectivity index (χ2n) is 3.95. The molecular formula is C13H17ClN2O2. The number of benzene rings is 1. The molecule has 1 aromatic rings. The van der Waals surface area contributed by atoms with Gasteiger partial charge in [0.15, 0.2) is 0 Å². The fraction of sp³-hybridized carbons (Fsp3) is 0.308. The zero-order valence-electron chi connectivity index (χ0n) is 10.7. The third-order valence-corrected chi connectivity index (χ3v) is 2.28. The lowest BCUT2D eigenvalue weighted by molar-refractivity contribution is 0.230. The number of nitrogens with one attached hydrogen (secondary N) is 1. The molecule has 0 aromatic heterocycles. The highest BCUT2D eigenvalue weighted by Crippen LogP contribution is 2.16. The molecule has 1 rings (SSSR count). The van der Waals surface area contributed by atoms with Crippen molar-refractivity contribution in [3.63, 3.8) is 0 Å². The Morgan fingerprint density at radius 3 is 2.50 bits per heavy atom. The Morgan fingerprint density at radius 2 is 2.00 bits per heavy atom. The van der Waals surface area contributed by atoms with Crippen LogP contribution in [0.15, 0.2) is 35.4 Å². The van der Waals surface area contributed by atoms with E-state index in [4.69, 9.17) is 16.3 Å². The van der Waals surface area contributed by atoms with Crippen LogP contribution in [-0.4, -0.2) is 31.6 Å². The van der Waals surface area contributed by atoms with Gasteiger partial charge in [-0.25, -0.2) is 4.79 Å². The largest absolute Gasteiger partial charge is 0.489 e. The Hall–Kier alpha value is -1.68. The first-order chi connectivity index (χ1) is 8.49. The predicted octanol–water partition coefficient (Wildman–Crippen LogP) is 3.30. The van der Waals surface area contributed by atoms with Crippen molar-refractivity contribution in [2.45, 2.75) is 6.92 Å². The summed E-state index contributed by atoms with van der Waals surface area (Å²) in [5, 5.41) is 3.44. The molecule has 18 heavy (non-hydrogen) atoms. The van der Waals surface area contributed by atoms with Crippen LogP contribution < -0.4 is 10.1 Å². The number of urea groups is 1. The van der Waals surface area contributed by atoms with Crippen LogP contribution in [0, 0.1) is 0 Å². The van der Waals surface area contributed by atoms with Gasteiger partial charge in [0.1, 0.15) is 12.4 Å². The highest BCUT2D eigenvalue weighted by Gasteiger charge is 2.03. The second-order valence-corrected chi connectivity index (χ2v) is 4.55. The first-order valence-electron chi connectivity index (χ1n) is 5.52. The van der Waals surface area contributed by atoms with Gasteiger partial charge in [0.2, 0.25) is 0 Å². The molecule has 1 N–H and O–H groups in total. The number of halogens is 1. The number of hydrogen-bond donors (Lipinski definition) is 1. The number of ether oxygens (including phenoxy) is 1. The first-order valence-corrected chi connectivity index (χ1v) is 5.90. The normalized spacial score (nSPS) is 11.0. The third-order valence-electron chi connectivity index (χ3n) is 2.13. The highest BCUT2D eigenvalue weighted by molar-refractivity contribution is 6.29. The van der Waals surface area contributed by atoms with E-state index in [0.29, 0.717) is 11.6 Å². The Kier molecular flexibility index (Phi) is 5.52. The van der Waals surface area contributed by atoms with Crippen LogP contribution in [0.25, 0.3) is 0 Å². The fourth-order valence-corrected chi connectivity index (χ4v) is 1.19. The molecule has 0 atom stereocenters. The van der Waals surface area contributed by atoms with Crippen LogP contribution in [0.4, 0.5) is 10.5 Å². The summed E-state index contributed by atoms with van der Waals surface area (Å²) in [4.78, 5) is 12.9. The zero-order chi connectivity index (χ0) is 13.5. The third kappa shape index (κ3) is 5.10. The molecule has 0 saturated heterocycles. The van der Waals surface area contributed by atoms with E-state index >= 15 is 0 Å². The summed E-state index contributed by atoms with van der Waals surface area (Å²) in [7, 11) is 3.38. The summed E-state index contributed by atoms with van der Waals surface area (Å²) in [5.41, 5.74) is 0.727. The first kappa shape index (κ1) is 14.4. The number of hydrogen-bond acceptors (Lipinski definition) is 2. The number of anilines is 1. The molecule has 0 aliphatic rings. The Labute approximate surface area is 112 Å². The van der Waals surface area contributed by atoms with Crippen molar-refractivity contribution in [3.8, 4) is 5.75 Å². The van der Waals surface area contributed by atoms with Crippen LogP contribution in [-0.2, 0) is 0 Å². The van der Waals surface area contributed by atoms with Crippen LogP contribution in [0.3, 0.4) is 0 Å². The van der Waals surface area contributed by atoms with Gasteiger partial charge in [-0.3, -0.25) is 0 Å². The smallest absolute Gasteiger partial charge is 0.321 e. The van der Waals surface area contributed by atoms with Crippen molar-refractivity contribution < 1.29 is 9.53 Å². The minimum absolute atomic E-state index is 0.163. The number of allylic oxidation sites excluding steroid dienone is 1. The Bertz CT molecular complexity index is 423. The van der Waals surface area contributed by atoms with Crippen LogP contribution >= 0.6 is 11.6 Å². The van der Waals surface area contributed by atoms with Crippen LogP contribution in [0.1, 0.15) is 6.92 Å². The minimum atomic E-state index is -0.163. The SMILES string of the molecule is C/C(Cl)=C/COc1ccc(NC(=O)N(C)C)cc1. The maximum atomic E-state index is 11.4. The average molecular weight is 269 g/mol. The van der Waals surface area contributed by atoms with E-state index in [0.717, 1.165) is 11.4 Å². The van der Waals surface area contributed by atoms with E-state index in [9.17, 15) is 4.79 Å². The number of amides is 2. The molecule has 0 spiro atoms. The van der Waals surface area contributed by atoms with Crippen molar-refractivity contribution in [1.29, 1.82) is 0 Å². The van der Waals surface area contributed by atoms with Gasteiger partial charge in [0.25, 0.3) is 0 Å². The van der Waals surface area contributed by atoms with Crippen molar-refractivity contribution in [1.82, 2.24) is 4.90 Å². The van der Waals surface area contributed by atoms with Crippen molar-refractivity contribution in [2.75, 3.05) is 26.0 Å². The van der Waals surface area contributed by atoms with Crippen LogP contribution in [0.5, 0.6) is 5.75 Å². The molecule has 2 amide bonds. The summed E-state index contributed by atoms with van der Waals surface area (Å²) in [6.45, 7) is 2.23. The molecule has 98 valence electrons. The Balaban J connectivity index is 2.52. The summed E-state index contributed by atoms with van der Waals surface area (Å²) in [6.07, 6.45) is 1.78. The molecule has 5 heteroatoms. The maximum Gasteiger partial charge on any atom is 0.321 e. The lowest BCUT2D eigenvalue weighted by Crippen LogP contribution is -2.27. The van der Waals surface area contributed by atoms with E-state index in [1.807, 2.05) is 0 Å². The predicted molar refractivity (Wildman–Crippen MR) is 74.3 cm³/mol. The topological polar surface area (TPSA) is 41.6 Å². The number of rotatable bonds is 4. The van der Waals surface area contributed by atoms with Crippen molar-refractivity contribution in [3.05, 3.63) is 35.4 Å². The molecule has 0 saturated carbocycles. The molecule has 0 unspecified atom stereocenters. The van der Waals surface area contributed by atoms with Gasteiger partial charge in [-0.05, 0) is 37.3 Å². The molecule has 4 nitrogen and oxygen atoms in total. The summed E-state index contributed by atoms with van der Waals surface area (Å²) >= 11 is 5.69. The Morgan fingerprint density at radius 1 is 1.39 bits per heavy atom. The van der Waals surface area contributed by atoms with Crippen LogP contribution in [0.2, 0.25) is 0 Å². The molecule has 0 fully saturated rings. The minimum Gasteiger partial charge on any atom is -0.489 e. The molecule has 0 aliphatic carbocycles. The van der Waals surface area contributed by atoms with E-state index in [1.54, 1.807) is 51.4 Å².